The van der Waals surface area contributed by atoms with E-state index in [0.29, 0.717) is 29.5 Å². The number of nitrogens with zero attached hydrogens (tertiary/aromatic N) is 2. The fourth-order valence-electron chi connectivity index (χ4n) is 4.43. The highest BCUT2D eigenvalue weighted by Gasteiger charge is 2.34. The van der Waals surface area contributed by atoms with Gasteiger partial charge in [-0.05, 0) is 99.2 Å². The molecule has 232 valence electrons. The van der Waals surface area contributed by atoms with Gasteiger partial charge in [-0.15, -0.1) is 11.8 Å². The van der Waals surface area contributed by atoms with Gasteiger partial charge in [0.15, 0.2) is 0 Å². The van der Waals surface area contributed by atoms with E-state index in [1.807, 2.05) is 34.0 Å². The molecule has 3 aromatic carbocycles. The molecular weight excluding hydrogens is 606 g/mol. The van der Waals surface area contributed by atoms with Crippen molar-refractivity contribution in [3.8, 4) is 5.75 Å². The van der Waals surface area contributed by atoms with Crippen molar-refractivity contribution >= 4 is 50.9 Å². The molecule has 0 spiro atoms. The van der Waals surface area contributed by atoms with E-state index in [1.165, 1.54) is 28.8 Å². The number of thioether (sulfide) groups is 1. The summed E-state index contributed by atoms with van der Waals surface area (Å²) in [5.74, 6) is -0.224. The number of nitrogens with one attached hydrogen (secondary N) is 1. The van der Waals surface area contributed by atoms with Gasteiger partial charge in [0.05, 0.1) is 17.2 Å². The molecule has 0 saturated carbocycles. The van der Waals surface area contributed by atoms with E-state index in [2.05, 4.69) is 5.32 Å². The average molecular weight is 646 g/mol. The van der Waals surface area contributed by atoms with Crippen LogP contribution in [0.25, 0.3) is 0 Å². The number of amides is 2. The minimum absolute atomic E-state index is 0.0535. The van der Waals surface area contributed by atoms with Gasteiger partial charge in [0.1, 0.15) is 18.3 Å². The van der Waals surface area contributed by atoms with Gasteiger partial charge in [-0.25, -0.2) is 8.42 Å². The van der Waals surface area contributed by atoms with Crippen molar-refractivity contribution in [1.82, 2.24) is 10.2 Å². The molecule has 0 saturated heterocycles. The molecule has 0 heterocycles. The van der Waals surface area contributed by atoms with Crippen LogP contribution in [0.5, 0.6) is 5.75 Å². The maximum Gasteiger partial charge on any atom is 0.264 e. The maximum atomic E-state index is 14.2. The van der Waals surface area contributed by atoms with E-state index in [-0.39, 0.29) is 23.4 Å². The number of hydrogen-bond donors (Lipinski definition) is 1. The van der Waals surface area contributed by atoms with Crippen LogP contribution < -0.4 is 14.4 Å². The number of hydrogen-bond acceptors (Lipinski definition) is 6. The first kappa shape index (κ1) is 34.3. The second-order valence-corrected chi connectivity index (χ2v) is 13.2. The first-order chi connectivity index (χ1) is 20.5. The Kier molecular flexibility index (Phi) is 12.8. The molecular formula is C32H40ClN3O5S2. The van der Waals surface area contributed by atoms with Crippen LogP contribution in [0.15, 0.2) is 82.6 Å². The largest absolute Gasteiger partial charge is 0.494 e. The van der Waals surface area contributed by atoms with Crippen LogP contribution >= 0.6 is 23.4 Å². The molecule has 1 N–H and O–H groups in total. The molecule has 0 aliphatic heterocycles. The minimum Gasteiger partial charge on any atom is -0.494 e. The quantitative estimate of drug-likeness (QED) is 0.193. The SMILES string of the molecule is CCOc1ccc(N(CC(=O)N(Cc2ccc(Cl)cc2)[C@H](CC)C(=O)N[C@@H](C)CC)S(=O)(=O)c2ccc(SC)cc2)cc1. The Morgan fingerprint density at radius 2 is 1.56 bits per heavy atom. The Balaban J connectivity index is 2.06. The van der Waals surface area contributed by atoms with Crippen molar-refractivity contribution in [3.63, 3.8) is 0 Å². The van der Waals surface area contributed by atoms with Crippen molar-refractivity contribution in [3.05, 3.63) is 83.4 Å². The second-order valence-electron chi connectivity index (χ2n) is 10.0. The summed E-state index contributed by atoms with van der Waals surface area (Å²) in [4.78, 5) is 30.0. The van der Waals surface area contributed by atoms with E-state index < -0.39 is 28.5 Å². The Morgan fingerprint density at radius 3 is 2.09 bits per heavy atom. The number of benzene rings is 3. The minimum atomic E-state index is -4.17. The number of halogens is 1. The van der Waals surface area contributed by atoms with Crippen LogP contribution in [-0.2, 0) is 26.2 Å². The number of rotatable bonds is 15. The van der Waals surface area contributed by atoms with Gasteiger partial charge >= 0.3 is 0 Å². The Hall–Kier alpha value is -3.21. The van der Waals surface area contributed by atoms with E-state index in [9.17, 15) is 18.0 Å². The van der Waals surface area contributed by atoms with Gasteiger partial charge in [0.2, 0.25) is 11.8 Å². The van der Waals surface area contributed by atoms with Gasteiger partial charge in [-0.1, -0.05) is 37.6 Å². The lowest BCUT2D eigenvalue weighted by atomic mass is 10.1. The van der Waals surface area contributed by atoms with Gasteiger partial charge in [0, 0.05) is 22.5 Å². The summed E-state index contributed by atoms with van der Waals surface area (Å²) in [6.07, 6.45) is 2.98. The third-order valence-corrected chi connectivity index (χ3v) is 9.80. The predicted molar refractivity (Wildman–Crippen MR) is 174 cm³/mol. The molecule has 0 aromatic heterocycles. The van der Waals surface area contributed by atoms with Crippen molar-refractivity contribution in [2.75, 3.05) is 23.7 Å². The van der Waals surface area contributed by atoms with Crippen LogP contribution in [0, 0.1) is 0 Å². The summed E-state index contributed by atoms with van der Waals surface area (Å²) in [5, 5.41) is 3.52. The van der Waals surface area contributed by atoms with E-state index >= 15 is 0 Å². The molecule has 0 bridgehead atoms. The zero-order valence-electron chi connectivity index (χ0n) is 25.2. The molecule has 0 unspecified atom stereocenters. The number of ether oxygens (including phenoxy) is 1. The van der Waals surface area contributed by atoms with E-state index in [1.54, 1.807) is 60.7 Å². The summed E-state index contributed by atoms with van der Waals surface area (Å²) >= 11 is 7.59. The molecule has 3 aromatic rings. The first-order valence-electron chi connectivity index (χ1n) is 14.3. The fraction of sp³-hybridized carbons (Fsp3) is 0.375. The van der Waals surface area contributed by atoms with Crippen molar-refractivity contribution < 1.29 is 22.7 Å². The van der Waals surface area contributed by atoms with Crippen LogP contribution in [0.3, 0.4) is 0 Å². The second kappa shape index (κ2) is 16.0. The molecule has 0 aliphatic carbocycles. The molecule has 0 radical (unpaired) electrons. The number of sulfonamides is 1. The van der Waals surface area contributed by atoms with Crippen molar-refractivity contribution in [2.24, 2.45) is 0 Å². The predicted octanol–water partition coefficient (Wildman–Crippen LogP) is 6.38. The molecule has 8 nitrogen and oxygen atoms in total. The zero-order valence-corrected chi connectivity index (χ0v) is 27.6. The summed E-state index contributed by atoms with van der Waals surface area (Å²) in [5.41, 5.74) is 1.06. The molecule has 43 heavy (non-hydrogen) atoms. The van der Waals surface area contributed by atoms with Crippen LogP contribution in [0.2, 0.25) is 5.02 Å². The molecule has 2 amide bonds. The molecule has 3 rings (SSSR count). The van der Waals surface area contributed by atoms with Crippen molar-refractivity contribution in [1.29, 1.82) is 0 Å². The standard InChI is InChI=1S/C32H40ClN3O5S2/c1-6-23(4)34-32(38)30(7-2)35(21-24-9-11-25(33)12-10-24)31(37)22-36(26-13-15-27(16-14-26)41-8-3)43(39,40)29-19-17-28(42-5)18-20-29/h9-20,23,30H,6-8,21-22H2,1-5H3,(H,34,38)/t23-,30+/m0/s1. The Bertz CT molecular complexity index is 1450. The lowest BCUT2D eigenvalue weighted by Gasteiger charge is -2.33. The fourth-order valence-corrected chi connectivity index (χ4v) is 6.37. The van der Waals surface area contributed by atoms with Gasteiger partial charge in [-0.2, -0.15) is 0 Å². The number of carbonyl (C=O) groups excluding carboxylic acids is 2. The zero-order chi connectivity index (χ0) is 31.6. The highest BCUT2D eigenvalue weighted by atomic mass is 35.5. The highest BCUT2D eigenvalue weighted by molar-refractivity contribution is 7.98. The number of anilines is 1. The maximum absolute atomic E-state index is 14.2. The molecule has 0 fully saturated rings. The van der Waals surface area contributed by atoms with Crippen LogP contribution in [0.1, 0.15) is 46.1 Å². The summed E-state index contributed by atoms with van der Waals surface area (Å²) in [6.45, 7) is 7.60. The third-order valence-electron chi connectivity index (χ3n) is 7.02. The van der Waals surface area contributed by atoms with Gasteiger partial charge < -0.3 is 15.0 Å². The summed E-state index contributed by atoms with van der Waals surface area (Å²) in [6, 6.07) is 19.2. The van der Waals surface area contributed by atoms with Crippen LogP contribution in [0.4, 0.5) is 5.69 Å². The molecule has 2 atom stereocenters. The molecule has 11 heteroatoms. The van der Waals surface area contributed by atoms with Gasteiger partial charge in [-0.3, -0.25) is 13.9 Å². The average Bonchev–Trinajstić information content (AvgIpc) is 3.01. The molecule has 0 aliphatic rings. The first-order valence-corrected chi connectivity index (χ1v) is 17.3. The lowest BCUT2D eigenvalue weighted by molar-refractivity contribution is -0.140. The van der Waals surface area contributed by atoms with Gasteiger partial charge in [0.25, 0.3) is 10.0 Å². The Labute approximate surface area is 264 Å². The van der Waals surface area contributed by atoms with Crippen molar-refractivity contribution in [2.45, 2.75) is 69.0 Å². The normalized spacial score (nSPS) is 12.7. The summed E-state index contributed by atoms with van der Waals surface area (Å²) < 4.78 is 34.8. The van der Waals surface area contributed by atoms with E-state index in [4.69, 9.17) is 16.3 Å². The third kappa shape index (κ3) is 9.14. The Morgan fingerprint density at radius 1 is 0.930 bits per heavy atom. The lowest BCUT2D eigenvalue weighted by Crippen LogP contribution is -2.53. The number of carbonyl (C=O) groups is 2. The summed E-state index contributed by atoms with van der Waals surface area (Å²) in [7, 11) is -4.17. The smallest absolute Gasteiger partial charge is 0.264 e. The highest BCUT2D eigenvalue weighted by Crippen LogP contribution is 2.28. The van der Waals surface area contributed by atoms with E-state index in [0.717, 1.165) is 21.2 Å². The van der Waals surface area contributed by atoms with Crippen LogP contribution in [-0.4, -0.2) is 56.6 Å². The monoisotopic (exact) mass is 645 g/mol. The topological polar surface area (TPSA) is 96.0 Å².